The molecular weight excluding hydrogens is 210 g/mol. The molecule has 1 N–H and O–H groups in total. The van der Waals surface area contributed by atoms with Gasteiger partial charge in [-0.1, -0.05) is 49.6 Å². The second-order valence-electron chi connectivity index (χ2n) is 4.99. The molecule has 1 saturated carbocycles. The molecule has 2 atom stereocenters. The molecule has 17 heavy (non-hydrogen) atoms. The van der Waals surface area contributed by atoms with E-state index < -0.39 is 0 Å². The van der Waals surface area contributed by atoms with Crippen molar-refractivity contribution in [2.75, 3.05) is 14.2 Å². The van der Waals surface area contributed by atoms with E-state index in [4.69, 9.17) is 4.74 Å². The van der Waals surface area contributed by atoms with Crippen molar-refractivity contribution in [3.05, 3.63) is 35.9 Å². The van der Waals surface area contributed by atoms with Gasteiger partial charge in [0.1, 0.15) is 0 Å². The van der Waals surface area contributed by atoms with Gasteiger partial charge in [0, 0.05) is 13.2 Å². The van der Waals surface area contributed by atoms with Gasteiger partial charge < -0.3 is 10.1 Å². The number of hydrogen-bond acceptors (Lipinski definition) is 2. The molecular formula is C15H23NO. The smallest absolute Gasteiger partial charge is 0.0973 e. The lowest BCUT2D eigenvalue weighted by molar-refractivity contribution is 0.0557. The highest BCUT2D eigenvalue weighted by Gasteiger charge is 2.27. The maximum atomic E-state index is 5.70. The lowest BCUT2D eigenvalue weighted by Crippen LogP contribution is -2.36. The normalized spacial score (nSPS) is 19.6. The molecule has 0 heterocycles. The average Bonchev–Trinajstić information content (AvgIpc) is 2.33. The van der Waals surface area contributed by atoms with Crippen molar-refractivity contribution < 1.29 is 4.74 Å². The third kappa shape index (κ3) is 3.08. The summed E-state index contributed by atoms with van der Waals surface area (Å²) in [6.45, 7) is 0. The van der Waals surface area contributed by atoms with E-state index in [1.807, 2.05) is 14.2 Å². The molecule has 2 unspecified atom stereocenters. The lowest BCUT2D eigenvalue weighted by atomic mass is 9.79. The van der Waals surface area contributed by atoms with E-state index in [1.165, 1.54) is 31.2 Å². The van der Waals surface area contributed by atoms with E-state index in [0.29, 0.717) is 6.04 Å². The molecule has 1 aliphatic rings. The van der Waals surface area contributed by atoms with Crippen LogP contribution in [-0.2, 0) is 4.74 Å². The van der Waals surface area contributed by atoms with Gasteiger partial charge >= 0.3 is 0 Å². The fourth-order valence-corrected chi connectivity index (χ4v) is 2.66. The molecule has 0 aromatic heterocycles. The van der Waals surface area contributed by atoms with Crippen LogP contribution in [0.2, 0.25) is 0 Å². The van der Waals surface area contributed by atoms with Crippen molar-refractivity contribution in [1.29, 1.82) is 0 Å². The molecule has 2 heteroatoms. The second-order valence-corrected chi connectivity index (χ2v) is 4.99. The van der Waals surface area contributed by atoms with Crippen LogP contribution in [0.15, 0.2) is 30.3 Å². The third-order valence-corrected chi connectivity index (χ3v) is 3.93. The predicted molar refractivity (Wildman–Crippen MR) is 71.0 cm³/mol. The van der Waals surface area contributed by atoms with Gasteiger partial charge in [-0.3, -0.25) is 0 Å². The maximum absolute atomic E-state index is 5.70. The maximum Gasteiger partial charge on any atom is 0.0973 e. The van der Waals surface area contributed by atoms with Crippen LogP contribution in [0.25, 0.3) is 0 Å². The van der Waals surface area contributed by atoms with Crippen LogP contribution in [0.4, 0.5) is 0 Å². The lowest BCUT2D eigenvalue weighted by Gasteiger charge is -2.33. The fraction of sp³-hybridized carbons (Fsp3) is 0.600. The Hall–Kier alpha value is -0.860. The number of likely N-dealkylation sites (N-methyl/N-ethyl adjacent to an activating group) is 1. The van der Waals surface area contributed by atoms with E-state index in [9.17, 15) is 0 Å². The minimum absolute atomic E-state index is 0.168. The van der Waals surface area contributed by atoms with Crippen LogP contribution >= 0.6 is 0 Å². The fourth-order valence-electron chi connectivity index (χ4n) is 2.66. The summed E-state index contributed by atoms with van der Waals surface area (Å²) >= 11 is 0. The zero-order chi connectivity index (χ0) is 12.1. The molecule has 1 aromatic rings. The molecule has 2 rings (SSSR count). The summed E-state index contributed by atoms with van der Waals surface area (Å²) in [6, 6.07) is 10.9. The van der Waals surface area contributed by atoms with Crippen LogP contribution in [-0.4, -0.2) is 20.2 Å². The molecule has 2 nitrogen and oxygen atoms in total. The van der Waals surface area contributed by atoms with Crippen LogP contribution in [0, 0.1) is 5.92 Å². The van der Waals surface area contributed by atoms with Crippen molar-refractivity contribution in [3.8, 4) is 0 Å². The quantitative estimate of drug-likeness (QED) is 0.815. The minimum Gasteiger partial charge on any atom is -0.375 e. The van der Waals surface area contributed by atoms with E-state index in [0.717, 1.165) is 5.92 Å². The Morgan fingerprint density at radius 2 is 2.00 bits per heavy atom. The van der Waals surface area contributed by atoms with E-state index >= 15 is 0 Å². The number of methoxy groups -OCH3 is 1. The Morgan fingerprint density at radius 3 is 2.47 bits per heavy atom. The Morgan fingerprint density at radius 1 is 1.29 bits per heavy atom. The van der Waals surface area contributed by atoms with Gasteiger partial charge in [0.15, 0.2) is 0 Å². The van der Waals surface area contributed by atoms with Crippen LogP contribution < -0.4 is 5.32 Å². The van der Waals surface area contributed by atoms with Gasteiger partial charge in [0.25, 0.3) is 0 Å². The topological polar surface area (TPSA) is 21.3 Å². The van der Waals surface area contributed by atoms with Gasteiger partial charge in [-0.25, -0.2) is 0 Å². The van der Waals surface area contributed by atoms with Gasteiger partial charge in [0.2, 0.25) is 0 Å². The molecule has 0 amide bonds. The van der Waals surface area contributed by atoms with Crippen molar-refractivity contribution in [2.24, 2.45) is 5.92 Å². The molecule has 94 valence electrons. The zero-order valence-electron chi connectivity index (χ0n) is 10.9. The predicted octanol–water partition coefficient (Wildman–Crippen LogP) is 3.15. The zero-order valence-corrected chi connectivity index (χ0v) is 10.9. The monoisotopic (exact) mass is 233 g/mol. The summed E-state index contributed by atoms with van der Waals surface area (Å²) < 4.78 is 5.70. The first-order chi connectivity index (χ1) is 8.35. The highest BCUT2D eigenvalue weighted by molar-refractivity contribution is 5.19. The number of ether oxygens (including phenoxy) is 1. The van der Waals surface area contributed by atoms with E-state index in [-0.39, 0.29) is 6.10 Å². The number of rotatable bonds is 6. The van der Waals surface area contributed by atoms with Crippen LogP contribution in [0.5, 0.6) is 0 Å². The largest absolute Gasteiger partial charge is 0.375 e. The number of nitrogens with one attached hydrogen (secondary N) is 1. The molecule has 0 radical (unpaired) electrons. The standard InChI is InChI=1S/C15H23NO/c1-16-14(11-12-7-6-8-12)15(17-2)13-9-4-3-5-10-13/h3-5,9-10,12,14-16H,6-8,11H2,1-2H3. The highest BCUT2D eigenvalue weighted by Crippen LogP contribution is 2.34. The van der Waals surface area contributed by atoms with Crippen LogP contribution in [0.1, 0.15) is 37.4 Å². The highest BCUT2D eigenvalue weighted by atomic mass is 16.5. The van der Waals surface area contributed by atoms with Gasteiger partial charge in [-0.15, -0.1) is 0 Å². The Kier molecular flexibility index (Phi) is 4.57. The van der Waals surface area contributed by atoms with Crippen molar-refractivity contribution >= 4 is 0 Å². The second kappa shape index (κ2) is 6.18. The molecule has 1 fully saturated rings. The SMILES string of the molecule is CNC(CC1CCC1)C(OC)c1ccccc1. The summed E-state index contributed by atoms with van der Waals surface area (Å²) in [5.74, 6) is 0.897. The summed E-state index contributed by atoms with van der Waals surface area (Å²) in [4.78, 5) is 0. The summed E-state index contributed by atoms with van der Waals surface area (Å²) in [6.07, 6.45) is 5.59. The van der Waals surface area contributed by atoms with Crippen molar-refractivity contribution in [3.63, 3.8) is 0 Å². The Labute approximate surface area is 104 Å². The number of hydrogen-bond donors (Lipinski definition) is 1. The summed E-state index contributed by atoms with van der Waals surface area (Å²) in [5.41, 5.74) is 1.27. The van der Waals surface area contributed by atoms with E-state index in [2.05, 4.69) is 35.6 Å². The Bertz CT molecular complexity index is 321. The molecule has 0 saturated heterocycles. The molecule has 0 bridgehead atoms. The molecule has 1 aliphatic carbocycles. The molecule has 1 aromatic carbocycles. The first kappa shape index (κ1) is 12.6. The average molecular weight is 233 g/mol. The van der Waals surface area contributed by atoms with Gasteiger partial charge in [-0.05, 0) is 24.9 Å². The number of benzene rings is 1. The van der Waals surface area contributed by atoms with Gasteiger partial charge in [-0.2, -0.15) is 0 Å². The first-order valence-electron chi connectivity index (χ1n) is 6.60. The summed E-state index contributed by atoms with van der Waals surface area (Å²) in [7, 11) is 3.85. The van der Waals surface area contributed by atoms with Crippen molar-refractivity contribution in [2.45, 2.75) is 37.8 Å². The third-order valence-electron chi connectivity index (χ3n) is 3.93. The first-order valence-corrected chi connectivity index (χ1v) is 6.60. The molecule has 0 aliphatic heterocycles. The van der Waals surface area contributed by atoms with E-state index in [1.54, 1.807) is 0 Å². The Balaban J connectivity index is 2.03. The van der Waals surface area contributed by atoms with Gasteiger partial charge in [0.05, 0.1) is 6.10 Å². The minimum atomic E-state index is 0.168. The van der Waals surface area contributed by atoms with Crippen molar-refractivity contribution in [1.82, 2.24) is 5.32 Å². The molecule has 0 spiro atoms. The van der Waals surface area contributed by atoms with Crippen LogP contribution in [0.3, 0.4) is 0 Å². The summed E-state index contributed by atoms with van der Waals surface area (Å²) in [5, 5.41) is 3.43.